The maximum atomic E-state index is 13.2. The lowest BCUT2D eigenvalue weighted by molar-refractivity contribution is 0.102. The maximum absolute atomic E-state index is 13.2. The number of carbonyl (C=O) groups is 1. The van der Waals surface area contributed by atoms with Crippen molar-refractivity contribution in [1.82, 2.24) is 9.29 Å². The smallest absolute Gasteiger partial charge is 0.257 e. The fourth-order valence-corrected chi connectivity index (χ4v) is 5.66. The summed E-state index contributed by atoms with van der Waals surface area (Å²) in [5, 5.41) is 2.84. The number of hydrogen-bond donors (Lipinski definition) is 1. The molecule has 2 aliphatic heterocycles. The van der Waals surface area contributed by atoms with E-state index in [1.165, 1.54) is 23.7 Å². The highest BCUT2D eigenvalue weighted by atomic mass is 32.2. The average molecular weight is 445 g/mol. The molecule has 1 amide bonds. The number of nitrogens with zero attached hydrogens (tertiary/aromatic N) is 3. The van der Waals surface area contributed by atoms with Crippen LogP contribution in [0, 0.1) is 0 Å². The van der Waals surface area contributed by atoms with Crippen LogP contribution in [-0.2, 0) is 10.0 Å². The van der Waals surface area contributed by atoms with E-state index in [1.807, 2.05) is 0 Å². The Morgan fingerprint density at radius 2 is 1.71 bits per heavy atom. The molecule has 2 aromatic rings. The number of benzene rings is 1. The van der Waals surface area contributed by atoms with Crippen LogP contribution in [0.15, 0.2) is 41.4 Å². The predicted octanol–water partition coefficient (Wildman–Crippen LogP) is 3.12. The number of pyridine rings is 1. The standard InChI is InChI=1S/C22H28N4O4S/c1-30-21-10-7-17(16-23-21)24-22(27)19-15-18(8-9-20(19)25-11-5-6-12-25)31(28,29)26-13-3-2-4-14-26/h7-10,15-16H,2-6,11-14H2,1H3,(H,24,27). The summed E-state index contributed by atoms with van der Waals surface area (Å²) in [5.41, 5.74) is 1.63. The molecular formula is C22H28N4O4S. The Balaban J connectivity index is 1.67. The minimum absolute atomic E-state index is 0.162. The van der Waals surface area contributed by atoms with Crippen molar-refractivity contribution < 1.29 is 17.9 Å². The van der Waals surface area contributed by atoms with E-state index in [1.54, 1.807) is 24.3 Å². The topological polar surface area (TPSA) is 91.8 Å². The Labute approximate surface area is 183 Å². The van der Waals surface area contributed by atoms with E-state index in [9.17, 15) is 13.2 Å². The van der Waals surface area contributed by atoms with Crippen molar-refractivity contribution in [3.8, 4) is 5.88 Å². The number of amides is 1. The number of rotatable bonds is 6. The van der Waals surface area contributed by atoms with E-state index in [4.69, 9.17) is 4.74 Å². The molecular weight excluding hydrogens is 416 g/mol. The summed E-state index contributed by atoms with van der Waals surface area (Å²) in [6.45, 7) is 2.75. The third-order valence-corrected chi connectivity index (χ3v) is 7.71. The molecule has 2 aliphatic rings. The Kier molecular flexibility index (Phi) is 6.43. The van der Waals surface area contributed by atoms with Gasteiger partial charge in [-0.3, -0.25) is 4.79 Å². The van der Waals surface area contributed by atoms with Crippen molar-refractivity contribution in [2.45, 2.75) is 37.0 Å². The molecule has 0 saturated carbocycles. The molecule has 8 nitrogen and oxygen atoms in total. The van der Waals surface area contributed by atoms with Crippen LogP contribution >= 0.6 is 0 Å². The van der Waals surface area contributed by atoms with Gasteiger partial charge in [0.15, 0.2) is 0 Å². The molecule has 0 atom stereocenters. The first-order valence-corrected chi connectivity index (χ1v) is 12.1. The minimum Gasteiger partial charge on any atom is -0.481 e. The Hall–Kier alpha value is -2.65. The van der Waals surface area contributed by atoms with Gasteiger partial charge in [0, 0.05) is 37.9 Å². The van der Waals surface area contributed by atoms with Crippen molar-refractivity contribution in [2.75, 3.05) is 43.5 Å². The van der Waals surface area contributed by atoms with Crippen LogP contribution in [0.25, 0.3) is 0 Å². The molecule has 2 saturated heterocycles. The Bertz CT molecular complexity index is 1030. The third kappa shape index (κ3) is 4.67. The summed E-state index contributed by atoms with van der Waals surface area (Å²) < 4.78 is 32.9. The van der Waals surface area contributed by atoms with Gasteiger partial charge in [-0.15, -0.1) is 0 Å². The first-order chi connectivity index (χ1) is 15.0. The highest BCUT2D eigenvalue weighted by Crippen LogP contribution is 2.30. The molecule has 166 valence electrons. The van der Waals surface area contributed by atoms with Gasteiger partial charge in [0.1, 0.15) is 0 Å². The summed E-state index contributed by atoms with van der Waals surface area (Å²) in [4.78, 5) is 19.6. The lowest BCUT2D eigenvalue weighted by Gasteiger charge is -2.27. The Morgan fingerprint density at radius 3 is 2.35 bits per heavy atom. The van der Waals surface area contributed by atoms with E-state index >= 15 is 0 Å². The second kappa shape index (κ2) is 9.23. The predicted molar refractivity (Wildman–Crippen MR) is 119 cm³/mol. The zero-order valence-electron chi connectivity index (χ0n) is 17.7. The van der Waals surface area contributed by atoms with E-state index in [2.05, 4.69) is 15.2 Å². The van der Waals surface area contributed by atoms with E-state index in [0.717, 1.165) is 50.9 Å². The van der Waals surface area contributed by atoms with E-state index < -0.39 is 10.0 Å². The number of anilines is 2. The van der Waals surface area contributed by atoms with Crippen LogP contribution in [0.4, 0.5) is 11.4 Å². The number of piperidine rings is 1. The van der Waals surface area contributed by atoms with Gasteiger partial charge < -0.3 is 15.0 Å². The first-order valence-electron chi connectivity index (χ1n) is 10.7. The molecule has 0 aliphatic carbocycles. The number of aromatic nitrogens is 1. The number of methoxy groups -OCH3 is 1. The average Bonchev–Trinajstić information content (AvgIpc) is 3.34. The van der Waals surface area contributed by atoms with Crippen LogP contribution in [0.5, 0.6) is 5.88 Å². The molecule has 0 spiro atoms. The van der Waals surface area contributed by atoms with Gasteiger partial charge in [0.05, 0.1) is 29.5 Å². The number of ether oxygens (including phenoxy) is 1. The molecule has 31 heavy (non-hydrogen) atoms. The lowest BCUT2D eigenvalue weighted by Crippen LogP contribution is -2.35. The largest absolute Gasteiger partial charge is 0.481 e. The van der Waals surface area contributed by atoms with Gasteiger partial charge >= 0.3 is 0 Å². The van der Waals surface area contributed by atoms with E-state index in [-0.39, 0.29) is 10.8 Å². The van der Waals surface area contributed by atoms with Crippen LogP contribution in [-0.4, -0.2) is 56.9 Å². The van der Waals surface area contributed by atoms with Crippen LogP contribution in [0.2, 0.25) is 0 Å². The SMILES string of the molecule is COc1ccc(NC(=O)c2cc(S(=O)(=O)N3CCCCC3)ccc2N2CCCC2)cn1. The molecule has 0 bridgehead atoms. The van der Waals surface area contributed by atoms with Crippen molar-refractivity contribution in [1.29, 1.82) is 0 Å². The fourth-order valence-electron chi connectivity index (χ4n) is 4.12. The van der Waals surface area contributed by atoms with Crippen molar-refractivity contribution in [3.05, 3.63) is 42.1 Å². The van der Waals surface area contributed by atoms with Crippen molar-refractivity contribution >= 4 is 27.3 Å². The number of sulfonamides is 1. The van der Waals surface area contributed by atoms with E-state index in [0.29, 0.717) is 30.2 Å². The van der Waals surface area contributed by atoms with Crippen molar-refractivity contribution in [2.24, 2.45) is 0 Å². The van der Waals surface area contributed by atoms with Gasteiger partial charge in [-0.2, -0.15) is 4.31 Å². The molecule has 2 fully saturated rings. The molecule has 9 heteroatoms. The molecule has 3 heterocycles. The monoisotopic (exact) mass is 444 g/mol. The molecule has 1 aromatic carbocycles. The van der Waals surface area contributed by atoms with Gasteiger partial charge in [-0.05, 0) is 49.9 Å². The fraction of sp³-hybridized carbons (Fsp3) is 0.455. The van der Waals surface area contributed by atoms with Gasteiger partial charge in [-0.25, -0.2) is 13.4 Å². The normalized spacial score (nSPS) is 17.5. The number of carbonyl (C=O) groups excluding carboxylic acids is 1. The molecule has 0 unspecified atom stereocenters. The third-order valence-electron chi connectivity index (χ3n) is 5.82. The quantitative estimate of drug-likeness (QED) is 0.736. The Morgan fingerprint density at radius 1 is 1.00 bits per heavy atom. The number of hydrogen-bond acceptors (Lipinski definition) is 6. The summed E-state index contributed by atoms with van der Waals surface area (Å²) >= 11 is 0. The summed E-state index contributed by atoms with van der Waals surface area (Å²) in [6.07, 6.45) is 6.39. The van der Waals surface area contributed by atoms with Gasteiger partial charge in [0.2, 0.25) is 15.9 Å². The molecule has 1 aromatic heterocycles. The highest BCUT2D eigenvalue weighted by Gasteiger charge is 2.28. The molecule has 1 N–H and O–H groups in total. The highest BCUT2D eigenvalue weighted by molar-refractivity contribution is 7.89. The summed E-state index contributed by atoms with van der Waals surface area (Å²) in [5.74, 6) is 0.0925. The number of nitrogens with one attached hydrogen (secondary N) is 1. The zero-order valence-corrected chi connectivity index (χ0v) is 18.5. The summed E-state index contributed by atoms with van der Waals surface area (Å²) in [7, 11) is -2.11. The second-order valence-corrected chi connectivity index (χ2v) is 9.82. The van der Waals surface area contributed by atoms with Crippen molar-refractivity contribution in [3.63, 3.8) is 0 Å². The summed E-state index contributed by atoms with van der Waals surface area (Å²) in [6, 6.07) is 8.28. The minimum atomic E-state index is -3.63. The maximum Gasteiger partial charge on any atom is 0.257 e. The van der Waals surface area contributed by atoms with Crippen LogP contribution in [0.3, 0.4) is 0 Å². The second-order valence-electron chi connectivity index (χ2n) is 7.88. The lowest BCUT2D eigenvalue weighted by atomic mass is 10.1. The zero-order chi connectivity index (χ0) is 21.8. The van der Waals surface area contributed by atoms with Gasteiger partial charge in [0.25, 0.3) is 5.91 Å². The molecule has 0 radical (unpaired) electrons. The first kappa shape index (κ1) is 21.6. The van der Waals surface area contributed by atoms with Crippen LogP contribution in [0.1, 0.15) is 42.5 Å². The molecule has 4 rings (SSSR count). The van der Waals surface area contributed by atoms with Gasteiger partial charge in [-0.1, -0.05) is 6.42 Å². The van der Waals surface area contributed by atoms with Crippen LogP contribution < -0.4 is 15.0 Å².